The number of alkyl halides is 3. The molecule has 152 valence electrons. The van der Waals surface area contributed by atoms with Crippen LogP contribution in [0.15, 0.2) is 53.7 Å². The molecule has 0 radical (unpaired) electrons. The largest absolute Gasteiger partial charge is 0.417 e. The highest BCUT2D eigenvalue weighted by Crippen LogP contribution is 2.32. The van der Waals surface area contributed by atoms with Gasteiger partial charge in [0.05, 0.1) is 11.1 Å². The molecule has 10 heteroatoms. The van der Waals surface area contributed by atoms with E-state index in [0.29, 0.717) is 22.5 Å². The van der Waals surface area contributed by atoms with E-state index in [2.05, 4.69) is 15.5 Å². The van der Waals surface area contributed by atoms with Crippen LogP contribution in [0.4, 0.5) is 19.1 Å². The summed E-state index contributed by atoms with van der Waals surface area (Å²) in [7, 11) is 0. The zero-order valence-corrected chi connectivity index (χ0v) is 16.8. The van der Waals surface area contributed by atoms with E-state index in [1.807, 2.05) is 25.1 Å². The summed E-state index contributed by atoms with van der Waals surface area (Å²) in [4.78, 5) is 12.5. The molecule has 0 fully saturated rings. The molecule has 1 aromatic heterocycles. The van der Waals surface area contributed by atoms with E-state index in [-0.39, 0.29) is 5.95 Å². The molecule has 1 N–H and O–H groups in total. The summed E-state index contributed by atoms with van der Waals surface area (Å²) < 4.78 is 41.1. The molecule has 0 aliphatic heterocycles. The highest BCUT2D eigenvalue weighted by molar-refractivity contribution is 7.98. The average Bonchev–Trinajstić information content (AvgIpc) is 3.08. The average molecular weight is 441 g/mol. The molecular formula is C19H16ClF3N4OS. The Bertz CT molecular complexity index is 1020. The van der Waals surface area contributed by atoms with Crippen LogP contribution in [0.25, 0.3) is 0 Å². The van der Waals surface area contributed by atoms with Crippen molar-refractivity contribution in [3.05, 3.63) is 70.2 Å². The Labute approximate surface area is 174 Å². The number of hydrogen-bond acceptors (Lipinski definition) is 4. The SMILES string of the molecule is CCn1c(NC(=O)c2ccccc2C(F)(F)F)nnc1SCc1ccccc1Cl. The van der Waals surface area contributed by atoms with E-state index in [0.717, 1.165) is 17.7 Å². The van der Waals surface area contributed by atoms with Crippen LogP contribution in [0, 0.1) is 0 Å². The molecule has 0 bridgehead atoms. The van der Waals surface area contributed by atoms with Crippen molar-refractivity contribution >= 4 is 35.2 Å². The number of hydrogen-bond donors (Lipinski definition) is 1. The van der Waals surface area contributed by atoms with Gasteiger partial charge < -0.3 is 0 Å². The quantitative estimate of drug-likeness (QED) is 0.513. The monoisotopic (exact) mass is 440 g/mol. The van der Waals surface area contributed by atoms with Gasteiger partial charge in [-0.1, -0.05) is 53.7 Å². The van der Waals surface area contributed by atoms with Crippen molar-refractivity contribution in [3.8, 4) is 0 Å². The second kappa shape index (κ2) is 8.87. The summed E-state index contributed by atoms with van der Waals surface area (Å²) in [5.74, 6) is -0.290. The van der Waals surface area contributed by atoms with Crippen LogP contribution in [-0.2, 0) is 18.5 Å². The maximum absolute atomic E-state index is 13.2. The Morgan fingerprint density at radius 3 is 2.52 bits per heavy atom. The van der Waals surface area contributed by atoms with Crippen molar-refractivity contribution in [1.29, 1.82) is 0 Å². The molecule has 0 unspecified atom stereocenters. The fourth-order valence-corrected chi connectivity index (χ4v) is 3.92. The smallest absolute Gasteiger partial charge is 0.290 e. The first kappa shape index (κ1) is 21.2. The van der Waals surface area contributed by atoms with Gasteiger partial charge >= 0.3 is 6.18 Å². The van der Waals surface area contributed by atoms with Crippen LogP contribution in [0.1, 0.15) is 28.4 Å². The summed E-state index contributed by atoms with van der Waals surface area (Å²) in [6.45, 7) is 2.25. The molecule has 1 heterocycles. The van der Waals surface area contributed by atoms with Crippen molar-refractivity contribution in [2.75, 3.05) is 5.32 Å². The van der Waals surface area contributed by atoms with E-state index in [4.69, 9.17) is 11.6 Å². The number of nitrogens with zero attached hydrogens (tertiary/aromatic N) is 3. The number of rotatable bonds is 6. The van der Waals surface area contributed by atoms with Gasteiger partial charge in [0.25, 0.3) is 5.91 Å². The lowest BCUT2D eigenvalue weighted by Gasteiger charge is -2.13. The summed E-state index contributed by atoms with van der Waals surface area (Å²) in [5.41, 5.74) is -0.571. The van der Waals surface area contributed by atoms with Gasteiger partial charge in [0.15, 0.2) is 5.16 Å². The van der Waals surface area contributed by atoms with E-state index in [1.165, 1.54) is 23.9 Å². The molecule has 0 aliphatic rings. The van der Waals surface area contributed by atoms with E-state index < -0.39 is 23.2 Å². The number of benzene rings is 2. The second-order valence-electron chi connectivity index (χ2n) is 5.93. The van der Waals surface area contributed by atoms with Gasteiger partial charge in [0, 0.05) is 17.3 Å². The summed E-state index contributed by atoms with van der Waals surface area (Å²) in [6, 6.07) is 12.0. The fourth-order valence-electron chi connectivity index (χ4n) is 2.63. The molecule has 3 rings (SSSR count). The highest BCUT2D eigenvalue weighted by Gasteiger charge is 2.35. The van der Waals surface area contributed by atoms with Gasteiger partial charge in [-0.2, -0.15) is 13.2 Å². The molecule has 5 nitrogen and oxygen atoms in total. The normalized spacial score (nSPS) is 11.5. The Morgan fingerprint density at radius 1 is 1.14 bits per heavy atom. The number of amides is 1. The number of carbonyl (C=O) groups excluding carboxylic acids is 1. The lowest BCUT2D eigenvalue weighted by Crippen LogP contribution is -2.20. The lowest BCUT2D eigenvalue weighted by molar-refractivity contribution is -0.137. The van der Waals surface area contributed by atoms with Gasteiger partial charge in [-0.25, -0.2) is 0 Å². The predicted octanol–water partition coefficient (Wildman–Crippen LogP) is 5.51. The van der Waals surface area contributed by atoms with Crippen LogP contribution >= 0.6 is 23.4 Å². The predicted molar refractivity (Wildman–Crippen MR) is 106 cm³/mol. The van der Waals surface area contributed by atoms with Gasteiger partial charge in [-0.3, -0.25) is 14.7 Å². The minimum atomic E-state index is -4.64. The van der Waals surface area contributed by atoms with Crippen molar-refractivity contribution < 1.29 is 18.0 Å². The zero-order chi connectivity index (χ0) is 21.0. The molecule has 0 saturated carbocycles. The molecule has 0 atom stereocenters. The molecule has 0 spiro atoms. The lowest BCUT2D eigenvalue weighted by atomic mass is 10.1. The Kier molecular flexibility index (Phi) is 6.49. The van der Waals surface area contributed by atoms with Crippen LogP contribution in [0.2, 0.25) is 5.02 Å². The maximum Gasteiger partial charge on any atom is 0.417 e. The van der Waals surface area contributed by atoms with Crippen molar-refractivity contribution in [3.63, 3.8) is 0 Å². The van der Waals surface area contributed by atoms with Crippen molar-refractivity contribution in [1.82, 2.24) is 14.8 Å². The first-order valence-electron chi connectivity index (χ1n) is 8.58. The minimum Gasteiger partial charge on any atom is -0.290 e. The minimum absolute atomic E-state index is 0.0798. The van der Waals surface area contributed by atoms with Crippen LogP contribution in [-0.4, -0.2) is 20.7 Å². The molecule has 1 amide bonds. The fraction of sp³-hybridized carbons (Fsp3) is 0.211. The zero-order valence-electron chi connectivity index (χ0n) is 15.2. The molecule has 0 saturated heterocycles. The van der Waals surface area contributed by atoms with Gasteiger partial charge in [0.2, 0.25) is 5.95 Å². The van der Waals surface area contributed by atoms with Crippen LogP contribution in [0.5, 0.6) is 0 Å². The summed E-state index contributed by atoms with van der Waals surface area (Å²) in [5, 5.41) is 11.5. The van der Waals surface area contributed by atoms with Crippen LogP contribution < -0.4 is 5.32 Å². The third-order valence-corrected chi connectivity index (χ3v) is 5.43. The second-order valence-corrected chi connectivity index (χ2v) is 7.28. The molecule has 2 aromatic carbocycles. The third-order valence-electron chi connectivity index (χ3n) is 4.05. The third kappa shape index (κ3) is 4.91. The molecular weight excluding hydrogens is 425 g/mol. The maximum atomic E-state index is 13.2. The van der Waals surface area contributed by atoms with Gasteiger partial charge in [-0.15, -0.1) is 10.2 Å². The van der Waals surface area contributed by atoms with Gasteiger partial charge in [0.1, 0.15) is 0 Å². The topological polar surface area (TPSA) is 59.8 Å². The van der Waals surface area contributed by atoms with E-state index in [9.17, 15) is 18.0 Å². The molecule has 29 heavy (non-hydrogen) atoms. The Balaban J connectivity index is 1.79. The highest BCUT2D eigenvalue weighted by atomic mass is 35.5. The number of carbonyl (C=O) groups is 1. The van der Waals surface area contributed by atoms with Crippen molar-refractivity contribution in [2.45, 2.75) is 30.6 Å². The Hall–Kier alpha value is -2.52. The molecule has 0 aliphatic carbocycles. The number of thioether (sulfide) groups is 1. The molecule has 3 aromatic rings. The number of nitrogens with one attached hydrogen (secondary N) is 1. The number of aromatic nitrogens is 3. The van der Waals surface area contributed by atoms with Gasteiger partial charge in [-0.05, 0) is 30.7 Å². The van der Waals surface area contributed by atoms with Crippen LogP contribution in [0.3, 0.4) is 0 Å². The van der Waals surface area contributed by atoms with E-state index in [1.54, 1.807) is 10.6 Å². The summed E-state index contributed by atoms with van der Waals surface area (Å²) >= 11 is 7.52. The first-order chi connectivity index (χ1) is 13.8. The summed E-state index contributed by atoms with van der Waals surface area (Å²) in [6.07, 6.45) is -4.64. The van der Waals surface area contributed by atoms with Crippen molar-refractivity contribution in [2.24, 2.45) is 0 Å². The number of halogens is 4. The Morgan fingerprint density at radius 2 is 1.83 bits per heavy atom. The van der Waals surface area contributed by atoms with E-state index >= 15 is 0 Å². The number of anilines is 1. The first-order valence-corrected chi connectivity index (χ1v) is 9.94. The standard InChI is InChI=1S/C19H16ClF3N4OS/c1-2-27-17(24-16(28)13-8-4-5-9-14(13)19(21,22)23)25-26-18(27)29-11-12-7-3-6-10-15(12)20/h3-10H,2,11H2,1H3,(H,24,25,28).